The van der Waals surface area contributed by atoms with Crippen LogP contribution in [0.1, 0.15) is 5.56 Å². The van der Waals surface area contributed by atoms with Gasteiger partial charge in [0.15, 0.2) is 5.58 Å². The summed E-state index contributed by atoms with van der Waals surface area (Å²) >= 11 is 0. The number of aromatic nitrogens is 1. The maximum absolute atomic E-state index is 11.8. The number of hydrogen-bond acceptors (Lipinski definition) is 3. The average Bonchev–Trinajstić information content (AvgIpc) is 2.82. The van der Waals surface area contributed by atoms with Crippen molar-refractivity contribution in [3.8, 4) is 0 Å². The van der Waals surface area contributed by atoms with Crippen LogP contribution in [0.4, 0.5) is 10.5 Å². The standard InChI is InChI=1S/C17H17N3O3/c1-20-14-8-7-12(11-15(14)23-17(20)22)9-10-18-16(21)19-13-5-3-2-4-6-13/h2-8,11H,9-10H2,1H3,(H2,18,19,21). The third-order valence-corrected chi connectivity index (χ3v) is 3.59. The van der Waals surface area contributed by atoms with Gasteiger partial charge in [-0.05, 0) is 36.2 Å². The van der Waals surface area contributed by atoms with Gasteiger partial charge in [0.2, 0.25) is 0 Å². The van der Waals surface area contributed by atoms with Crippen molar-refractivity contribution in [2.75, 3.05) is 11.9 Å². The van der Waals surface area contributed by atoms with Gasteiger partial charge in [-0.15, -0.1) is 0 Å². The zero-order valence-corrected chi connectivity index (χ0v) is 12.7. The van der Waals surface area contributed by atoms with Gasteiger partial charge in [0.1, 0.15) is 0 Å². The maximum Gasteiger partial charge on any atom is 0.419 e. The molecule has 0 fully saturated rings. The fourth-order valence-corrected chi connectivity index (χ4v) is 2.35. The molecule has 3 aromatic rings. The first-order valence-electron chi connectivity index (χ1n) is 7.32. The Morgan fingerprint density at radius 2 is 1.96 bits per heavy atom. The number of oxazole rings is 1. The van der Waals surface area contributed by atoms with Crippen molar-refractivity contribution < 1.29 is 9.21 Å². The molecule has 2 N–H and O–H groups in total. The van der Waals surface area contributed by atoms with Gasteiger partial charge in [-0.2, -0.15) is 0 Å². The lowest BCUT2D eigenvalue weighted by Crippen LogP contribution is -2.30. The van der Waals surface area contributed by atoms with E-state index in [-0.39, 0.29) is 11.8 Å². The lowest BCUT2D eigenvalue weighted by atomic mass is 10.1. The van der Waals surface area contributed by atoms with Crippen LogP contribution in [0, 0.1) is 0 Å². The number of nitrogens with zero attached hydrogens (tertiary/aromatic N) is 1. The molecule has 6 heteroatoms. The molecule has 3 rings (SSSR count). The molecule has 0 unspecified atom stereocenters. The SMILES string of the molecule is Cn1c(=O)oc2cc(CCNC(=O)Nc3ccccc3)ccc21. The molecule has 0 bridgehead atoms. The van der Waals surface area contributed by atoms with Gasteiger partial charge in [0.25, 0.3) is 0 Å². The molecule has 0 atom stereocenters. The summed E-state index contributed by atoms with van der Waals surface area (Å²) in [4.78, 5) is 23.2. The van der Waals surface area contributed by atoms with Crippen molar-refractivity contribution in [3.05, 3.63) is 64.6 Å². The largest absolute Gasteiger partial charge is 0.419 e. The first-order valence-corrected chi connectivity index (χ1v) is 7.32. The molecule has 23 heavy (non-hydrogen) atoms. The van der Waals surface area contributed by atoms with Gasteiger partial charge in [-0.1, -0.05) is 24.3 Å². The Labute approximate surface area is 132 Å². The molecule has 0 saturated heterocycles. The summed E-state index contributed by atoms with van der Waals surface area (Å²) in [6, 6.07) is 14.6. The van der Waals surface area contributed by atoms with E-state index in [1.165, 1.54) is 4.57 Å². The summed E-state index contributed by atoms with van der Waals surface area (Å²) in [5.74, 6) is -0.377. The van der Waals surface area contributed by atoms with E-state index in [4.69, 9.17) is 4.42 Å². The Morgan fingerprint density at radius 3 is 2.74 bits per heavy atom. The van der Waals surface area contributed by atoms with Crippen molar-refractivity contribution >= 4 is 22.8 Å². The Morgan fingerprint density at radius 1 is 1.17 bits per heavy atom. The normalized spacial score (nSPS) is 10.7. The molecule has 0 aliphatic rings. The second kappa shape index (κ2) is 6.39. The van der Waals surface area contributed by atoms with Crippen molar-refractivity contribution in [2.45, 2.75) is 6.42 Å². The monoisotopic (exact) mass is 311 g/mol. The lowest BCUT2D eigenvalue weighted by Gasteiger charge is -2.07. The molecule has 0 aliphatic carbocycles. The average molecular weight is 311 g/mol. The number of fused-ring (bicyclic) bond motifs is 1. The first-order chi connectivity index (χ1) is 11.1. The molecule has 0 saturated carbocycles. The fraction of sp³-hybridized carbons (Fsp3) is 0.176. The minimum absolute atomic E-state index is 0.247. The summed E-state index contributed by atoms with van der Waals surface area (Å²) in [7, 11) is 1.67. The van der Waals surface area contributed by atoms with Crippen LogP contribution in [-0.4, -0.2) is 17.1 Å². The highest BCUT2D eigenvalue weighted by atomic mass is 16.4. The van der Waals surface area contributed by atoms with E-state index in [0.717, 1.165) is 16.8 Å². The minimum atomic E-state index is -0.377. The number of amides is 2. The Bertz CT molecular complexity index is 881. The highest BCUT2D eigenvalue weighted by molar-refractivity contribution is 5.89. The third-order valence-electron chi connectivity index (χ3n) is 3.59. The van der Waals surface area contributed by atoms with Crippen LogP contribution in [0.25, 0.3) is 11.1 Å². The predicted molar refractivity (Wildman–Crippen MR) is 88.6 cm³/mol. The number of hydrogen-bond donors (Lipinski definition) is 2. The van der Waals surface area contributed by atoms with Crippen LogP contribution in [0.5, 0.6) is 0 Å². The number of aryl methyl sites for hydroxylation is 1. The summed E-state index contributed by atoms with van der Waals surface area (Å²) < 4.78 is 6.62. The molecule has 0 radical (unpaired) electrons. The zero-order chi connectivity index (χ0) is 16.2. The number of para-hydroxylation sites is 1. The highest BCUT2D eigenvalue weighted by Crippen LogP contribution is 2.14. The highest BCUT2D eigenvalue weighted by Gasteiger charge is 2.07. The number of nitrogens with one attached hydrogen (secondary N) is 2. The van der Waals surface area contributed by atoms with Crippen molar-refractivity contribution in [3.63, 3.8) is 0 Å². The zero-order valence-electron chi connectivity index (χ0n) is 12.7. The fourth-order valence-electron chi connectivity index (χ4n) is 2.35. The summed E-state index contributed by atoms with van der Waals surface area (Å²) in [6.45, 7) is 0.487. The van der Waals surface area contributed by atoms with E-state index in [2.05, 4.69) is 10.6 Å². The van der Waals surface area contributed by atoms with Crippen LogP contribution in [0.3, 0.4) is 0 Å². The van der Waals surface area contributed by atoms with E-state index in [9.17, 15) is 9.59 Å². The molecule has 6 nitrogen and oxygen atoms in total. The Balaban J connectivity index is 1.56. The van der Waals surface area contributed by atoms with E-state index < -0.39 is 0 Å². The van der Waals surface area contributed by atoms with Crippen molar-refractivity contribution in [2.24, 2.45) is 7.05 Å². The summed E-state index contributed by atoms with van der Waals surface area (Å²) in [5.41, 5.74) is 3.06. The van der Waals surface area contributed by atoms with Crippen LogP contribution in [-0.2, 0) is 13.5 Å². The van der Waals surface area contributed by atoms with Gasteiger partial charge >= 0.3 is 11.8 Å². The number of benzene rings is 2. The number of rotatable bonds is 4. The molecule has 0 spiro atoms. The summed E-state index contributed by atoms with van der Waals surface area (Å²) in [5, 5.41) is 5.55. The molecule has 118 valence electrons. The first kappa shape index (κ1) is 14.9. The van der Waals surface area contributed by atoms with Gasteiger partial charge < -0.3 is 15.1 Å². The smallest absolute Gasteiger partial charge is 0.408 e. The lowest BCUT2D eigenvalue weighted by molar-refractivity contribution is 0.252. The van der Waals surface area contributed by atoms with Crippen LogP contribution < -0.4 is 16.4 Å². The Hall–Kier alpha value is -3.02. The second-order valence-electron chi connectivity index (χ2n) is 5.23. The van der Waals surface area contributed by atoms with Crippen LogP contribution in [0.2, 0.25) is 0 Å². The maximum atomic E-state index is 11.8. The van der Waals surface area contributed by atoms with E-state index in [1.54, 1.807) is 7.05 Å². The van der Waals surface area contributed by atoms with E-state index >= 15 is 0 Å². The molecule has 2 aromatic carbocycles. The Kier molecular flexibility index (Phi) is 4.14. The van der Waals surface area contributed by atoms with E-state index in [0.29, 0.717) is 18.5 Å². The molecule has 2 amide bonds. The summed E-state index contributed by atoms with van der Waals surface area (Å²) in [6.07, 6.45) is 0.650. The predicted octanol–water partition coefficient (Wildman–Crippen LogP) is 2.50. The minimum Gasteiger partial charge on any atom is -0.408 e. The van der Waals surface area contributed by atoms with Crippen LogP contribution >= 0.6 is 0 Å². The quantitative estimate of drug-likeness (QED) is 0.777. The molecule has 1 aromatic heterocycles. The van der Waals surface area contributed by atoms with Gasteiger partial charge in [-0.25, -0.2) is 9.59 Å². The topological polar surface area (TPSA) is 76.3 Å². The van der Waals surface area contributed by atoms with E-state index in [1.807, 2.05) is 48.5 Å². The molecule has 0 aliphatic heterocycles. The van der Waals surface area contributed by atoms with Crippen molar-refractivity contribution in [1.82, 2.24) is 9.88 Å². The number of anilines is 1. The van der Waals surface area contributed by atoms with Crippen LogP contribution in [0.15, 0.2) is 57.7 Å². The van der Waals surface area contributed by atoms with Gasteiger partial charge in [0.05, 0.1) is 5.52 Å². The van der Waals surface area contributed by atoms with Crippen molar-refractivity contribution in [1.29, 1.82) is 0 Å². The second-order valence-corrected chi connectivity index (χ2v) is 5.23. The number of carbonyl (C=O) groups excluding carboxylic acids is 1. The molecule has 1 heterocycles. The number of carbonyl (C=O) groups is 1. The van der Waals surface area contributed by atoms with Gasteiger partial charge in [0, 0.05) is 19.3 Å². The molecular weight excluding hydrogens is 294 g/mol. The van der Waals surface area contributed by atoms with Gasteiger partial charge in [-0.3, -0.25) is 4.57 Å². The molecular formula is C17H17N3O3. The number of urea groups is 1. The third kappa shape index (κ3) is 3.42.